The van der Waals surface area contributed by atoms with Crippen molar-refractivity contribution in [2.24, 2.45) is 0 Å². The fourth-order valence-corrected chi connectivity index (χ4v) is 7.46. The van der Waals surface area contributed by atoms with Crippen molar-refractivity contribution in [3.05, 3.63) is 131 Å². The number of amides is 2. The molecule has 0 aliphatic heterocycles. The van der Waals surface area contributed by atoms with Crippen molar-refractivity contribution in [3.8, 4) is 0 Å². The molecule has 1 fully saturated rings. The maximum Gasteiger partial charge on any atom is 0.264 e. The third-order valence-electron chi connectivity index (χ3n) is 8.27. The highest BCUT2D eigenvalue weighted by molar-refractivity contribution is 7.92. The van der Waals surface area contributed by atoms with Crippen LogP contribution in [-0.4, -0.2) is 43.8 Å². The Morgan fingerprint density at radius 3 is 1.89 bits per heavy atom. The monoisotopic (exact) mass is 623 g/mol. The van der Waals surface area contributed by atoms with Crippen LogP contribution in [0.1, 0.15) is 47.9 Å². The second-order valence-corrected chi connectivity index (χ2v) is 13.7. The lowest BCUT2D eigenvalue weighted by Crippen LogP contribution is -2.54. The molecule has 1 N–H and O–H groups in total. The van der Waals surface area contributed by atoms with E-state index in [0.29, 0.717) is 12.1 Å². The van der Waals surface area contributed by atoms with Crippen LogP contribution in [0.2, 0.25) is 0 Å². The molecule has 0 aromatic heterocycles. The Morgan fingerprint density at radius 2 is 1.31 bits per heavy atom. The van der Waals surface area contributed by atoms with Crippen LogP contribution in [0.4, 0.5) is 5.69 Å². The van der Waals surface area contributed by atoms with Crippen molar-refractivity contribution in [1.82, 2.24) is 10.2 Å². The van der Waals surface area contributed by atoms with Crippen molar-refractivity contribution >= 4 is 27.5 Å². The van der Waals surface area contributed by atoms with Gasteiger partial charge in [-0.25, -0.2) is 8.42 Å². The van der Waals surface area contributed by atoms with Crippen molar-refractivity contribution in [2.75, 3.05) is 10.8 Å². The number of hydrogen-bond donors (Lipinski definition) is 1. The molecule has 7 nitrogen and oxygen atoms in total. The van der Waals surface area contributed by atoms with Gasteiger partial charge in [-0.3, -0.25) is 13.9 Å². The van der Waals surface area contributed by atoms with Gasteiger partial charge in [0.05, 0.1) is 10.6 Å². The van der Waals surface area contributed by atoms with E-state index in [1.807, 2.05) is 80.6 Å². The number of anilines is 1. The number of rotatable bonds is 12. The number of carbonyl (C=O) groups is 2. The first kappa shape index (κ1) is 32.0. The van der Waals surface area contributed by atoms with Crippen LogP contribution >= 0.6 is 0 Å². The Bertz CT molecular complexity index is 1670. The summed E-state index contributed by atoms with van der Waals surface area (Å²) in [6.45, 7) is 3.49. The topological polar surface area (TPSA) is 86.8 Å². The predicted octanol–water partition coefficient (Wildman–Crippen LogP) is 6.20. The number of carbonyl (C=O) groups excluding carboxylic acids is 2. The summed E-state index contributed by atoms with van der Waals surface area (Å²) in [4.78, 5) is 30.3. The second-order valence-electron chi connectivity index (χ2n) is 11.9. The van der Waals surface area contributed by atoms with Crippen LogP contribution < -0.4 is 9.62 Å². The van der Waals surface area contributed by atoms with E-state index in [4.69, 9.17) is 0 Å². The number of aryl methyl sites for hydroxylation is 2. The van der Waals surface area contributed by atoms with Crippen LogP contribution in [0.3, 0.4) is 0 Å². The molecule has 1 aliphatic rings. The third-order valence-corrected chi connectivity index (χ3v) is 10.1. The standard InChI is InChI=1S/C37H41N3O4S/c1-28-22-29(2)24-33(23-28)40(45(43,44)34-20-10-5-11-21-34)27-36(41)39(26-31-16-8-4-9-17-31)35(25-30-14-6-3-7-15-30)37(42)38-32-18-12-13-19-32/h3-11,14-17,20-24,32,35H,12-13,18-19,25-27H2,1-2H3,(H,38,42)/t35-/m0/s1. The first-order valence-electron chi connectivity index (χ1n) is 15.5. The minimum Gasteiger partial charge on any atom is -0.352 e. The summed E-state index contributed by atoms with van der Waals surface area (Å²) in [5.74, 6) is -0.682. The highest BCUT2D eigenvalue weighted by atomic mass is 32.2. The Balaban J connectivity index is 1.56. The lowest BCUT2D eigenvalue weighted by molar-refractivity contribution is -0.140. The summed E-state index contributed by atoms with van der Waals surface area (Å²) < 4.78 is 29.5. The molecule has 8 heteroatoms. The molecule has 0 unspecified atom stereocenters. The highest BCUT2D eigenvalue weighted by Gasteiger charge is 2.35. The van der Waals surface area contributed by atoms with Gasteiger partial charge >= 0.3 is 0 Å². The van der Waals surface area contributed by atoms with E-state index in [0.717, 1.165) is 47.9 Å². The van der Waals surface area contributed by atoms with Gasteiger partial charge in [-0.2, -0.15) is 0 Å². The third kappa shape index (κ3) is 8.19. The highest BCUT2D eigenvalue weighted by Crippen LogP contribution is 2.27. The zero-order valence-electron chi connectivity index (χ0n) is 25.9. The van der Waals surface area contributed by atoms with Crippen molar-refractivity contribution in [1.29, 1.82) is 0 Å². The number of hydrogen-bond acceptors (Lipinski definition) is 4. The largest absolute Gasteiger partial charge is 0.352 e. The summed E-state index contributed by atoms with van der Waals surface area (Å²) in [5.41, 5.74) is 3.92. The van der Waals surface area contributed by atoms with Gasteiger partial charge in [0, 0.05) is 19.0 Å². The lowest BCUT2D eigenvalue weighted by Gasteiger charge is -2.34. The fourth-order valence-electron chi connectivity index (χ4n) is 6.04. The van der Waals surface area contributed by atoms with Gasteiger partial charge < -0.3 is 10.2 Å². The van der Waals surface area contributed by atoms with E-state index in [-0.39, 0.29) is 23.4 Å². The number of nitrogens with zero attached hydrogens (tertiary/aromatic N) is 2. The normalized spacial score (nSPS) is 14.1. The van der Waals surface area contributed by atoms with Gasteiger partial charge in [0.25, 0.3) is 10.0 Å². The van der Waals surface area contributed by atoms with Crippen molar-refractivity contribution in [3.63, 3.8) is 0 Å². The average molecular weight is 624 g/mol. The van der Waals surface area contributed by atoms with Crippen molar-refractivity contribution < 1.29 is 18.0 Å². The molecule has 2 amide bonds. The molecule has 0 saturated heterocycles. The van der Waals surface area contributed by atoms with Gasteiger partial charge in [0.1, 0.15) is 12.6 Å². The molecule has 0 spiro atoms. The van der Waals surface area contributed by atoms with Crippen LogP contribution in [0.15, 0.2) is 114 Å². The predicted molar refractivity (Wildman–Crippen MR) is 178 cm³/mol. The lowest BCUT2D eigenvalue weighted by atomic mass is 10.0. The van der Waals surface area contributed by atoms with E-state index < -0.39 is 28.5 Å². The summed E-state index contributed by atoms with van der Waals surface area (Å²) in [5, 5.41) is 3.21. The maximum absolute atomic E-state index is 14.6. The Labute approximate surface area is 266 Å². The molecule has 1 saturated carbocycles. The van der Waals surface area contributed by atoms with Crippen LogP contribution in [-0.2, 0) is 32.6 Å². The first-order chi connectivity index (χ1) is 21.7. The number of nitrogens with one attached hydrogen (secondary N) is 1. The average Bonchev–Trinajstić information content (AvgIpc) is 3.55. The van der Waals surface area contributed by atoms with E-state index in [2.05, 4.69) is 5.32 Å². The van der Waals surface area contributed by atoms with Gasteiger partial charge in [0.2, 0.25) is 11.8 Å². The van der Waals surface area contributed by atoms with E-state index in [1.54, 1.807) is 35.2 Å². The summed E-state index contributed by atoms with van der Waals surface area (Å²) in [6.07, 6.45) is 4.23. The molecule has 234 valence electrons. The SMILES string of the molecule is Cc1cc(C)cc(N(CC(=O)N(Cc2ccccc2)[C@@H](Cc2ccccc2)C(=O)NC2CCCC2)S(=O)(=O)c2ccccc2)c1. The van der Waals surface area contributed by atoms with Crippen LogP contribution in [0.5, 0.6) is 0 Å². The van der Waals surface area contributed by atoms with Gasteiger partial charge in [-0.15, -0.1) is 0 Å². The van der Waals surface area contributed by atoms with E-state index in [1.165, 1.54) is 16.4 Å². The Hall–Kier alpha value is -4.43. The summed E-state index contributed by atoms with van der Waals surface area (Å²) >= 11 is 0. The molecule has 45 heavy (non-hydrogen) atoms. The molecular weight excluding hydrogens is 582 g/mol. The van der Waals surface area contributed by atoms with Crippen molar-refractivity contribution in [2.45, 2.75) is 69.5 Å². The summed E-state index contributed by atoms with van der Waals surface area (Å²) in [7, 11) is -4.13. The molecular formula is C37H41N3O4S. The van der Waals surface area contributed by atoms with Gasteiger partial charge in [-0.05, 0) is 73.2 Å². The Morgan fingerprint density at radius 1 is 0.778 bits per heavy atom. The first-order valence-corrected chi connectivity index (χ1v) is 17.0. The quantitative estimate of drug-likeness (QED) is 0.204. The molecule has 5 rings (SSSR count). The van der Waals surface area contributed by atoms with Gasteiger partial charge in [0.15, 0.2) is 0 Å². The fraction of sp³-hybridized carbons (Fsp3) is 0.297. The van der Waals surface area contributed by atoms with Gasteiger partial charge in [-0.1, -0.05) is 97.8 Å². The minimum atomic E-state index is -4.13. The molecule has 4 aromatic carbocycles. The maximum atomic E-state index is 14.6. The summed E-state index contributed by atoms with van der Waals surface area (Å²) in [6, 6.07) is 32.0. The van der Waals surface area contributed by atoms with E-state index in [9.17, 15) is 18.0 Å². The van der Waals surface area contributed by atoms with E-state index >= 15 is 0 Å². The smallest absolute Gasteiger partial charge is 0.264 e. The Kier molecular flexibility index (Phi) is 10.4. The molecule has 0 bridgehead atoms. The second kappa shape index (κ2) is 14.6. The molecule has 1 atom stereocenters. The molecule has 0 radical (unpaired) electrons. The zero-order chi connectivity index (χ0) is 31.8. The number of sulfonamides is 1. The van der Waals surface area contributed by atoms with Crippen LogP contribution in [0.25, 0.3) is 0 Å². The minimum absolute atomic E-state index is 0.0645. The molecule has 4 aromatic rings. The zero-order valence-corrected chi connectivity index (χ0v) is 26.7. The number of benzene rings is 4. The van der Waals surface area contributed by atoms with Crippen LogP contribution in [0, 0.1) is 13.8 Å². The molecule has 0 heterocycles. The molecule has 1 aliphatic carbocycles.